The molecule has 2 N–H and O–H groups in total. The number of ether oxygens (including phenoxy) is 2. The minimum Gasteiger partial charge on any atom is -0.497 e. The van der Waals surface area contributed by atoms with E-state index in [0.717, 1.165) is 57.4 Å². The van der Waals surface area contributed by atoms with Crippen LogP contribution in [0, 0.1) is 0 Å². The summed E-state index contributed by atoms with van der Waals surface area (Å²) >= 11 is 0. The third-order valence-corrected chi connectivity index (χ3v) is 4.78. The maximum Gasteiger partial charge on any atom is 0.191 e. The number of methoxy groups -OCH3 is 2. The first-order valence-electron chi connectivity index (χ1n) is 9.73. The lowest BCUT2D eigenvalue weighted by Crippen LogP contribution is -2.47. The second-order valence-electron chi connectivity index (χ2n) is 6.88. The molecule has 0 radical (unpaired) electrons. The van der Waals surface area contributed by atoms with Crippen molar-refractivity contribution >= 4 is 35.6 Å². The monoisotopic (exact) mass is 505 g/mol. The van der Waals surface area contributed by atoms with Crippen molar-refractivity contribution in [2.24, 2.45) is 4.99 Å². The van der Waals surface area contributed by atoms with E-state index >= 15 is 0 Å². The molecule has 28 heavy (non-hydrogen) atoms. The van der Waals surface area contributed by atoms with Gasteiger partial charge in [0.05, 0.1) is 13.7 Å². The van der Waals surface area contributed by atoms with Gasteiger partial charge in [0.2, 0.25) is 0 Å². The number of aliphatic imine (C=N–C) groups is 1. The summed E-state index contributed by atoms with van der Waals surface area (Å²) in [5.41, 5.74) is 1.28. The van der Waals surface area contributed by atoms with Crippen molar-refractivity contribution in [1.82, 2.24) is 15.5 Å². The zero-order valence-corrected chi connectivity index (χ0v) is 19.9. The number of rotatable bonds is 9. The molecule has 0 bridgehead atoms. The van der Waals surface area contributed by atoms with Crippen molar-refractivity contribution in [2.45, 2.75) is 19.4 Å². The van der Waals surface area contributed by atoms with Gasteiger partial charge < -0.3 is 25.0 Å². The molecule has 8 heteroatoms. The standard InChI is InChI=1S/C20H35N5O2.HI/c1-17(16-26-3)23-20(21-2)22-10-5-11-24-12-14-25(15-13-24)18-6-8-19(27-4)9-7-18;/h6-9,17H,5,10-16H2,1-4H3,(H2,21,22,23);1H. The predicted molar refractivity (Wildman–Crippen MR) is 128 cm³/mol. The lowest BCUT2D eigenvalue weighted by molar-refractivity contribution is 0.179. The second kappa shape index (κ2) is 13.8. The summed E-state index contributed by atoms with van der Waals surface area (Å²) in [6.45, 7) is 9.10. The van der Waals surface area contributed by atoms with Gasteiger partial charge in [-0.25, -0.2) is 0 Å². The smallest absolute Gasteiger partial charge is 0.191 e. The Hall–Kier alpha value is -1.26. The number of nitrogens with one attached hydrogen (secondary N) is 2. The fraction of sp³-hybridized carbons (Fsp3) is 0.650. The van der Waals surface area contributed by atoms with E-state index in [-0.39, 0.29) is 30.0 Å². The number of anilines is 1. The van der Waals surface area contributed by atoms with Crippen LogP contribution in [0.25, 0.3) is 0 Å². The van der Waals surface area contributed by atoms with Gasteiger partial charge in [0.15, 0.2) is 5.96 Å². The van der Waals surface area contributed by atoms with Crippen LogP contribution in [0.5, 0.6) is 5.75 Å². The van der Waals surface area contributed by atoms with E-state index in [0.29, 0.717) is 6.61 Å². The summed E-state index contributed by atoms with van der Waals surface area (Å²) in [6.07, 6.45) is 1.10. The fourth-order valence-electron chi connectivity index (χ4n) is 3.25. The summed E-state index contributed by atoms with van der Waals surface area (Å²) < 4.78 is 10.4. The van der Waals surface area contributed by atoms with E-state index in [4.69, 9.17) is 9.47 Å². The van der Waals surface area contributed by atoms with Crippen LogP contribution in [0.4, 0.5) is 5.69 Å². The maximum absolute atomic E-state index is 5.23. The summed E-state index contributed by atoms with van der Waals surface area (Å²) in [7, 11) is 5.21. The van der Waals surface area contributed by atoms with Crippen LogP contribution >= 0.6 is 24.0 Å². The van der Waals surface area contributed by atoms with Crippen LogP contribution in [-0.4, -0.2) is 84.0 Å². The number of hydrogen-bond donors (Lipinski definition) is 2. The molecule has 1 aliphatic rings. The van der Waals surface area contributed by atoms with Crippen LogP contribution in [0.15, 0.2) is 29.3 Å². The van der Waals surface area contributed by atoms with E-state index in [1.807, 2.05) is 12.1 Å². The van der Waals surface area contributed by atoms with Crippen molar-refractivity contribution < 1.29 is 9.47 Å². The van der Waals surface area contributed by atoms with Crippen molar-refractivity contribution in [1.29, 1.82) is 0 Å². The Balaban J connectivity index is 0.00000392. The van der Waals surface area contributed by atoms with Gasteiger partial charge in [-0.05, 0) is 44.2 Å². The molecule has 0 saturated carbocycles. The van der Waals surface area contributed by atoms with Crippen LogP contribution in [0.1, 0.15) is 13.3 Å². The molecule has 0 aromatic heterocycles. The van der Waals surface area contributed by atoms with Crippen molar-refractivity contribution in [2.75, 3.05) is 72.0 Å². The van der Waals surface area contributed by atoms with E-state index in [1.165, 1.54) is 5.69 Å². The molecule has 2 rings (SSSR count). The number of benzene rings is 1. The van der Waals surface area contributed by atoms with Crippen LogP contribution in [0.3, 0.4) is 0 Å². The van der Waals surface area contributed by atoms with E-state index < -0.39 is 0 Å². The first kappa shape index (κ1) is 24.8. The Labute approximate surface area is 186 Å². The average Bonchev–Trinajstić information content (AvgIpc) is 2.71. The van der Waals surface area contributed by atoms with Gasteiger partial charge in [-0.2, -0.15) is 0 Å². The van der Waals surface area contributed by atoms with Gasteiger partial charge in [-0.15, -0.1) is 24.0 Å². The fourth-order valence-corrected chi connectivity index (χ4v) is 3.25. The van der Waals surface area contributed by atoms with Crippen molar-refractivity contribution in [3.63, 3.8) is 0 Å². The van der Waals surface area contributed by atoms with E-state index in [1.54, 1.807) is 21.3 Å². The Kier molecular flexibility index (Phi) is 12.2. The Bertz CT molecular complexity index is 562. The molecule has 7 nitrogen and oxygen atoms in total. The molecular weight excluding hydrogens is 469 g/mol. The molecule has 1 aromatic carbocycles. The van der Waals surface area contributed by atoms with Crippen LogP contribution < -0.4 is 20.3 Å². The highest BCUT2D eigenvalue weighted by atomic mass is 127. The first-order valence-corrected chi connectivity index (χ1v) is 9.73. The van der Waals surface area contributed by atoms with Crippen molar-refractivity contribution in [3.8, 4) is 5.75 Å². The highest BCUT2D eigenvalue weighted by Crippen LogP contribution is 2.20. The van der Waals surface area contributed by atoms with E-state index in [9.17, 15) is 0 Å². The molecule has 1 fully saturated rings. The molecule has 1 unspecified atom stereocenters. The first-order chi connectivity index (χ1) is 13.2. The zero-order chi connectivity index (χ0) is 19.5. The Morgan fingerprint density at radius 3 is 2.39 bits per heavy atom. The van der Waals surface area contributed by atoms with Crippen LogP contribution in [-0.2, 0) is 4.74 Å². The highest BCUT2D eigenvalue weighted by molar-refractivity contribution is 14.0. The van der Waals surface area contributed by atoms with Crippen molar-refractivity contribution in [3.05, 3.63) is 24.3 Å². The minimum absolute atomic E-state index is 0. The molecule has 1 aliphatic heterocycles. The Morgan fingerprint density at radius 1 is 1.14 bits per heavy atom. The number of hydrogen-bond acceptors (Lipinski definition) is 5. The second-order valence-corrected chi connectivity index (χ2v) is 6.88. The topological polar surface area (TPSA) is 61.4 Å². The molecule has 160 valence electrons. The highest BCUT2D eigenvalue weighted by Gasteiger charge is 2.16. The third-order valence-electron chi connectivity index (χ3n) is 4.78. The van der Waals surface area contributed by atoms with E-state index in [2.05, 4.69) is 44.5 Å². The minimum atomic E-state index is 0. The van der Waals surface area contributed by atoms with Gasteiger partial charge in [-0.3, -0.25) is 9.89 Å². The summed E-state index contributed by atoms with van der Waals surface area (Å²) in [5, 5.41) is 6.70. The lowest BCUT2D eigenvalue weighted by atomic mass is 10.2. The predicted octanol–water partition coefficient (Wildman–Crippen LogP) is 2.03. The average molecular weight is 505 g/mol. The lowest BCUT2D eigenvalue weighted by Gasteiger charge is -2.36. The molecular formula is C20H36IN5O2. The number of piperazine rings is 1. The SMILES string of the molecule is CN=C(NCCCN1CCN(c2ccc(OC)cc2)CC1)NC(C)COC.I. The maximum atomic E-state index is 5.23. The number of halogens is 1. The Morgan fingerprint density at radius 2 is 1.82 bits per heavy atom. The molecule has 0 amide bonds. The summed E-state index contributed by atoms with van der Waals surface area (Å²) in [5.74, 6) is 1.75. The van der Waals surface area contributed by atoms with Gasteiger partial charge in [0.25, 0.3) is 0 Å². The molecule has 1 aromatic rings. The molecule has 1 saturated heterocycles. The largest absolute Gasteiger partial charge is 0.497 e. The molecule has 1 heterocycles. The number of nitrogens with zero attached hydrogens (tertiary/aromatic N) is 3. The van der Waals surface area contributed by atoms with Gasteiger partial charge in [-0.1, -0.05) is 0 Å². The van der Waals surface area contributed by atoms with Gasteiger partial charge in [0.1, 0.15) is 5.75 Å². The quantitative estimate of drug-likeness (QED) is 0.232. The zero-order valence-electron chi connectivity index (χ0n) is 17.6. The third kappa shape index (κ3) is 8.40. The molecule has 0 spiro atoms. The normalized spacial score (nSPS) is 16.3. The van der Waals surface area contributed by atoms with Gasteiger partial charge >= 0.3 is 0 Å². The van der Waals surface area contributed by atoms with Crippen LogP contribution in [0.2, 0.25) is 0 Å². The summed E-state index contributed by atoms with van der Waals surface area (Å²) in [6, 6.07) is 8.58. The van der Waals surface area contributed by atoms with Gasteiger partial charge in [0, 0.05) is 58.6 Å². The molecule has 0 aliphatic carbocycles. The number of guanidine groups is 1. The summed E-state index contributed by atoms with van der Waals surface area (Å²) in [4.78, 5) is 9.23. The molecule has 1 atom stereocenters.